The third-order valence-electron chi connectivity index (χ3n) is 5.20. The zero-order chi connectivity index (χ0) is 24.8. The molecule has 176 valence electrons. The lowest BCUT2D eigenvalue weighted by molar-refractivity contribution is -0.500. The standard InChI is InChI=1S/C26H29N5O3/c1-16(2)22(21-13-17(3)15-34-21)30-25(28)24(27)29-20-12-8-11-19(23(20)32)26(33)31(4)14-18-9-6-5-7-10-18/h5-13,15,22,32H,1,14H2,2-4H3,(H2,27,29)(H2,28,30)/p+1/t22-/m1/s1. The Morgan fingerprint density at radius 1 is 1.21 bits per heavy atom. The number of aromatic hydroxyl groups is 1. The quantitative estimate of drug-likeness (QED) is 0.244. The number of benzene rings is 2. The molecule has 0 aliphatic heterocycles. The van der Waals surface area contributed by atoms with Crippen LogP contribution in [0.2, 0.25) is 0 Å². The van der Waals surface area contributed by atoms with E-state index in [1.807, 2.05) is 50.2 Å². The first-order valence-electron chi connectivity index (χ1n) is 10.7. The zero-order valence-corrected chi connectivity index (χ0v) is 19.6. The second-order valence-electron chi connectivity index (χ2n) is 8.18. The Morgan fingerprint density at radius 3 is 2.53 bits per heavy atom. The summed E-state index contributed by atoms with van der Waals surface area (Å²) in [6.45, 7) is 8.12. The summed E-state index contributed by atoms with van der Waals surface area (Å²) < 4.78 is 5.56. The minimum Gasteiger partial charge on any atom is -0.505 e. The molecule has 0 fully saturated rings. The van der Waals surface area contributed by atoms with Gasteiger partial charge < -0.3 is 20.2 Å². The van der Waals surface area contributed by atoms with Crippen molar-refractivity contribution in [1.82, 2.24) is 4.90 Å². The largest absolute Gasteiger partial charge is 0.505 e. The van der Waals surface area contributed by atoms with Crippen LogP contribution in [0.25, 0.3) is 0 Å². The monoisotopic (exact) mass is 460 g/mol. The SMILES string of the molecule is C=C(C)[C@@H]([NH+]=C(N)C(N)=Nc1cccc(C(=O)N(C)Cc2ccccc2)c1O)c1cc(C)co1. The van der Waals surface area contributed by atoms with E-state index in [1.165, 1.54) is 11.0 Å². The molecular formula is C26H30N5O3+. The lowest BCUT2D eigenvalue weighted by atomic mass is 10.1. The van der Waals surface area contributed by atoms with Crippen LogP contribution in [-0.2, 0) is 6.54 Å². The topological polar surface area (TPSA) is 132 Å². The second kappa shape index (κ2) is 10.5. The number of hydrogen-bond donors (Lipinski definition) is 4. The number of nitrogens with two attached hydrogens (primary N) is 2. The maximum Gasteiger partial charge on any atom is 0.309 e. The van der Waals surface area contributed by atoms with E-state index in [0.717, 1.165) is 16.7 Å². The van der Waals surface area contributed by atoms with Crippen molar-refractivity contribution >= 4 is 23.3 Å². The van der Waals surface area contributed by atoms with Gasteiger partial charge in [-0.25, -0.2) is 4.99 Å². The number of amides is 1. The Bertz CT molecular complexity index is 1240. The zero-order valence-electron chi connectivity index (χ0n) is 19.6. The summed E-state index contributed by atoms with van der Waals surface area (Å²) in [6, 6.07) is 15.8. The average Bonchev–Trinajstić information content (AvgIpc) is 3.24. The van der Waals surface area contributed by atoms with Gasteiger partial charge >= 0.3 is 5.84 Å². The van der Waals surface area contributed by atoms with Crippen LogP contribution in [0.5, 0.6) is 5.75 Å². The molecule has 0 radical (unpaired) electrons. The Morgan fingerprint density at radius 2 is 1.91 bits per heavy atom. The highest BCUT2D eigenvalue weighted by molar-refractivity contribution is 6.37. The summed E-state index contributed by atoms with van der Waals surface area (Å²) in [6.07, 6.45) is 1.63. The van der Waals surface area contributed by atoms with Crippen molar-refractivity contribution in [2.24, 2.45) is 16.5 Å². The van der Waals surface area contributed by atoms with Crippen LogP contribution in [0, 0.1) is 6.92 Å². The molecule has 2 aromatic carbocycles. The Labute approximate surface area is 198 Å². The van der Waals surface area contributed by atoms with Crippen LogP contribution in [-0.4, -0.2) is 34.6 Å². The van der Waals surface area contributed by atoms with Crippen molar-refractivity contribution in [3.63, 3.8) is 0 Å². The van der Waals surface area contributed by atoms with E-state index >= 15 is 0 Å². The first-order chi connectivity index (χ1) is 16.2. The molecule has 6 N–H and O–H groups in total. The number of furan rings is 1. The van der Waals surface area contributed by atoms with Gasteiger partial charge in [0, 0.05) is 13.6 Å². The Kier molecular flexibility index (Phi) is 7.53. The summed E-state index contributed by atoms with van der Waals surface area (Å²) in [4.78, 5) is 21.8. The lowest BCUT2D eigenvalue weighted by Gasteiger charge is -2.18. The molecule has 0 aliphatic carbocycles. The molecule has 0 spiro atoms. The van der Waals surface area contributed by atoms with Crippen LogP contribution in [0.3, 0.4) is 0 Å². The van der Waals surface area contributed by atoms with Crippen LogP contribution in [0.15, 0.2) is 82.4 Å². The number of phenolic OH excluding ortho intramolecular Hbond substituents is 1. The number of phenols is 1. The van der Waals surface area contributed by atoms with E-state index in [0.29, 0.717) is 12.3 Å². The molecular weight excluding hydrogens is 430 g/mol. The minimum absolute atomic E-state index is 0.0490. The number of hydrogen-bond acceptors (Lipinski definition) is 4. The number of nitrogens with one attached hydrogen (secondary N) is 1. The van der Waals surface area contributed by atoms with E-state index in [1.54, 1.807) is 25.4 Å². The molecule has 3 rings (SSSR count). The molecule has 1 amide bonds. The van der Waals surface area contributed by atoms with E-state index in [-0.39, 0.29) is 34.6 Å². The van der Waals surface area contributed by atoms with E-state index in [4.69, 9.17) is 15.9 Å². The van der Waals surface area contributed by atoms with Gasteiger partial charge in [0.1, 0.15) is 5.69 Å². The Balaban J connectivity index is 1.85. The highest BCUT2D eigenvalue weighted by Crippen LogP contribution is 2.31. The van der Waals surface area contributed by atoms with Crippen LogP contribution in [0.1, 0.15) is 40.2 Å². The summed E-state index contributed by atoms with van der Waals surface area (Å²) in [5.41, 5.74) is 15.2. The number of amidine groups is 2. The number of carbonyl (C=O) groups excluding carboxylic acids is 1. The fourth-order valence-electron chi connectivity index (χ4n) is 3.39. The number of aliphatic imine (C=N–C) groups is 1. The van der Waals surface area contributed by atoms with Gasteiger partial charge in [-0.3, -0.25) is 15.5 Å². The summed E-state index contributed by atoms with van der Waals surface area (Å²) >= 11 is 0. The van der Waals surface area contributed by atoms with Crippen molar-refractivity contribution in [3.05, 3.63) is 95.5 Å². The number of nitrogens with zero attached hydrogens (tertiary/aromatic N) is 2. The fraction of sp³-hybridized carbons (Fsp3) is 0.192. The van der Waals surface area contributed by atoms with Crippen molar-refractivity contribution in [1.29, 1.82) is 0 Å². The predicted octanol–water partition coefficient (Wildman–Crippen LogP) is 2.31. The maximum atomic E-state index is 12.9. The first kappa shape index (κ1) is 24.3. The van der Waals surface area contributed by atoms with Crippen LogP contribution < -0.4 is 16.5 Å². The molecule has 1 aromatic heterocycles. The number of rotatable bonds is 7. The lowest BCUT2D eigenvalue weighted by Crippen LogP contribution is -2.79. The van der Waals surface area contributed by atoms with Gasteiger partial charge in [-0.2, -0.15) is 0 Å². The molecule has 1 atom stereocenters. The number of aryl methyl sites for hydroxylation is 1. The molecule has 0 saturated heterocycles. The highest BCUT2D eigenvalue weighted by Gasteiger charge is 2.21. The molecule has 8 heteroatoms. The van der Waals surface area contributed by atoms with E-state index in [9.17, 15) is 9.90 Å². The van der Waals surface area contributed by atoms with Gasteiger partial charge in [-0.1, -0.05) is 43.0 Å². The molecule has 0 saturated carbocycles. The summed E-state index contributed by atoms with van der Waals surface area (Å²) in [7, 11) is 1.67. The van der Waals surface area contributed by atoms with E-state index < -0.39 is 6.04 Å². The van der Waals surface area contributed by atoms with Gasteiger partial charge in [0.15, 0.2) is 17.6 Å². The smallest absolute Gasteiger partial charge is 0.309 e. The van der Waals surface area contributed by atoms with Crippen molar-refractivity contribution in [2.75, 3.05) is 7.05 Å². The molecule has 0 aliphatic rings. The van der Waals surface area contributed by atoms with E-state index in [2.05, 4.69) is 16.6 Å². The minimum atomic E-state index is -0.407. The van der Waals surface area contributed by atoms with Gasteiger partial charge in [0.05, 0.1) is 11.8 Å². The van der Waals surface area contributed by atoms with Crippen LogP contribution >= 0.6 is 0 Å². The fourth-order valence-corrected chi connectivity index (χ4v) is 3.39. The number of carbonyl (C=O) groups is 1. The van der Waals surface area contributed by atoms with Gasteiger partial charge in [0.2, 0.25) is 5.84 Å². The van der Waals surface area contributed by atoms with Crippen molar-refractivity contribution < 1.29 is 19.3 Å². The summed E-state index contributed by atoms with van der Waals surface area (Å²) in [5.74, 6) is 0.0490. The van der Waals surface area contributed by atoms with Crippen molar-refractivity contribution in [2.45, 2.75) is 26.4 Å². The maximum absolute atomic E-state index is 12.9. The molecule has 0 bridgehead atoms. The first-order valence-corrected chi connectivity index (χ1v) is 10.7. The normalized spacial score (nSPS) is 12.9. The molecule has 3 aromatic rings. The van der Waals surface area contributed by atoms with Crippen molar-refractivity contribution in [3.8, 4) is 5.75 Å². The predicted molar refractivity (Wildman–Crippen MR) is 133 cm³/mol. The van der Waals surface area contributed by atoms with Crippen LogP contribution in [0.4, 0.5) is 5.69 Å². The number of para-hydroxylation sites is 1. The highest BCUT2D eigenvalue weighted by atomic mass is 16.3. The second-order valence-corrected chi connectivity index (χ2v) is 8.18. The molecule has 0 unspecified atom stereocenters. The van der Waals surface area contributed by atoms with Gasteiger partial charge in [-0.15, -0.1) is 0 Å². The molecule has 1 heterocycles. The van der Waals surface area contributed by atoms with Gasteiger partial charge in [0.25, 0.3) is 5.91 Å². The third kappa shape index (κ3) is 5.72. The molecule has 34 heavy (non-hydrogen) atoms. The molecule has 8 nitrogen and oxygen atoms in total. The summed E-state index contributed by atoms with van der Waals surface area (Å²) in [5, 5.41) is 10.7. The Hall–Kier alpha value is -4.33. The van der Waals surface area contributed by atoms with Gasteiger partial charge in [-0.05, 0) is 48.7 Å². The average molecular weight is 461 g/mol. The third-order valence-corrected chi connectivity index (χ3v) is 5.20.